The molecular weight excluding hydrogens is 553 g/mol. The number of likely N-dealkylation sites (tertiary alicyclic amines) is 2. The standard InChI is InChI=1S/C32H38FN5O5/c33-23-9-21-26-31(27(23)36-7-5-15(34)12-36)43-25-11-20-19(28(39)17-3-1-2-4-18(17)29(20)40)10-24(25)38(26)14-22(30(21)41)32(42)37-8-6-16(35)13-37/h1-4,14-16,19-21,23-27,31H,5-13,34-35H2. The Kier molecular flexibility index (Phi) is 6.42. The van der Waals surface area contributed by atoms with Crippen molar-refractivity contribution in [3.05, 3.63) is 47.2 Å². The van der Waals surface area contributed by atoms with E-state index in [9.17, 15) is 19.2 Å². The monoisotopic (exact) mass is 591 g/mol. The number of fused-ring (bicyclic) bond motifs is 4. The van der Waals surface area contributed by atoms with Crippen LogP contribution in [-0.2, 0) is 14.3 Å². The Bertz CT molecular complexity index is 1430. The van der Waals surface area contributed by atoms with Crippen molar-refractivity contribution in [3.8, 4) is 0 Å². The molecular formula is C32H38FN5O5. The molecule has 1 aromatic rings. The summed E-state index contributed by atoms with van der Waals surface area (Å²) in [5.74, 6) is -2.61. The number of ether oxygens (including phenoxy) is 1. The molecule has 3 saturated heterocycles. The molecule has 228 valence electrons. The van der Waals surface area contributed by atoms with Gasteiger partial charge in [0.15, 0.2) is 17.3 Å². The minimum Gasteiger partial charge on any atom is -0.369 e. The zero-order chi connectivity index (χ0) is 29.7. The number of nitrogens with two attached hydrogens (primary N) is 2. The minimum absolute atomic E-state index is 0.00533. The fraction of sp³-hybridized carbons (Fsp3) is 0.625. The van der Waals surface area contributed by atoms with Crippen molar-refractivity contribution in [3.63, 3.8) is 0 Å². The quantitative estimate of drug-likeness (QED) is 0.476. The third-order valence-electron chi connectivity index (χ3n) is 11.3. The van der Waals surface area contributed by atoms with Gasteiger partial charge in [-0.25, -0.2) is 4.39 Å². The van der Waals surface area contributed by atoms with E-state index in [1.165, 1.54) is 0 Å². The summed E-state index contributed by atoms with van der Waals surface area (Å²) in [7, 11) is 0. The highest BCUT2D eigenvalue weighted by molar-refractivity contribution is 6.21. The number of halogens is 1. The molecule has 11 atom stereocenters. The number of carbonyl (C=O) groups is 4. The molecule has 7 aliphatic rings. The molecule has 43 heavy (non-hydrogen) atoms. The molecule has 11 heteroatoms. The molecule has 8 rings (SSSR count). The lowest BCUT2D eigenvalue weighted by atomic mass is 9.63. The second kappa shape index (κ2) is 10.0. The molecule has 4 N–H and O–H groups in total. The van der Waals surface area contributed by atoms with E-state index in [-0.39, 0.29) is 53.4 Å². The summed E-state index contributed by atoms with van der Waals surface area (Å²) < 4.78 is 23.1. The van der Waals surface area contributed by atoms with E-state index in [0.717, 1.165) is 6.42 Å². The van der Waals surface area contributed by atoms with Crippen LogP contribution in [0.4, 0.5) is 4.39 Å². The van der Waals surface area contributed by atoms with Crippen LogP contribution >= 0.6 is 0 Å². The van der Waals surface area contributed by atoms with Crippen molar-refractivity contribution >= 4 is 23.3 Å². The second-order valence-corrected chi connectivity index (χ2v) is 13.7. The molecule has 3 aliphatic carbocycles. The number of benzene rings is 1. The minimum atomic E-state index is -1.34. The molecule has 0 radical (unpaired) electrons. The smallest absolute Gasteiger partial charge is 0.259 e. The number of hydrogen-bond acceptors (Lipinski definition) is 9. The van der Waals surface area contributed by atoms with Crippen LogP contribution in [0.15, 0.2) is 36.0 Å². The number of hydrogen-bond donors (Lipinski definition) is 2. The average molecular weight is 592 g/mol. The van der Waals surface area contributed by atoms with Gasteiger partial charge in [-0.3, -0.25) is 24.1 Å². The largest absolute Gasteiger partial charge is 0.369 e. The summed E-state index contributed by atoms with van der Waals surface area (Å²) in [6, 6.07) is 5.38. The van der Waals surface area contributed by atoms with Gasteiger partial charge in [0.25, 0.3) is 5.91 Å². The summed E-state index contributed by atoms with van der Waals surface area (Å²) in [4.78, 5) is 60.8. The number of alkyl halides is 1. The summed E-state index contributed by atoms with van der Waals surface area (Å²) in [6.07, 6.45) is 1.34. The fourth-order valence-corrected chi connectivity index (χ4v) is 9.30. The average Bonchev–Trinajstić information content (AvgIpc) is 3.64. The topological polar surface area (TPSA) is 139 Å². The first-order valence-electron chi connectivity index (χ1n) is 15.8. The Hall–Kier alpha value is -2.99. The highest BCUT2D eigenvalue weighted by Gasteiger charge is 2.62. The van der Waals surface area contributed by atoms with Gasteiger partial charge in [0.1, 0.15) is 6.17 Å². The Balaban J connectivity index is 1.20. The van der Waals surface area contributed by atoms with E-state index in [2.05, 4.69) is 9.80 Å². The van der Waals surface area contributed by atoms with E-state index in [4.69, 9.17) is 16.2 Å². The summed E-state index contributed by atoms with van der Waals surface area (Å²) >= 11 is 0. The molecule has 1 aromatic carbocycles. The van der Waals surface area contributed by atoms with Crippen molar-refractivity contribution < 1.29 is 28.3 Å². The number of amides is 1. The van der Waals surface area contributed by atoms with Crippen LogP contribution in [0.2, 0.25) is 0 Å². The predicted octanol–water partition coefficient (Wildman–Crippen LogP) is 0.684. The SMILES string of the molecule is NC1CCN(C(=O)C2=CN3C4CC5C(=O)c6ccccc6C(=O)C5CC4OC4C(N5CCC(N)C5)C(F)CC(C2=O)C43)C1. The van der Waals surface area contributed by atoms with E-state index >= 15 is 4.39 Å². The number of morpholine rings is 1. The molecule has 10 nitrogen and oxygen atoms in total. The van der Waals surface area contributed by atoms with Gasteiger partial charge in [-0.2, -0.15) is 0 Å². The molecule has 11 unspecified atom stereocenters. The third kappa shape index (κ3) is 4.11. The Morgan fingerprint density at radius 1 is 0.837 bits per heavy atom. The lowest BCUT2D eigenvalue weighted by molar-refractivity contribution is -0.214. The van der Waals surface area contributed by atoms with E-state index in [1.807, 2.05) is 0 Å². The van der Waals surface area contributed by atoms with E-state index in [0.29, 0.717) is 56.6 Å². The Morgan fingerprint density at radius 3 is 2.16 bits per heavy atom. The van der Waals surface area contributed by atoms with E-state index in [1.54, 1.807) is 35.4 Å². The van der Waals surface area contributed by atoms with Gasteiger partial charge in [-0.15, -0.1) is 0 Å². The third-order valence-corrected chi connectivity index (χ3v) is 11.3. The first kappa shape index (κ1) is 27.6. The van der Waals surface area contributed by atoms with Crippen LogP contribution in [0, 0.1) is 17.8 Å². The molecule has 0 bridgehead atoms. The van der Waals surface area contributed by atoms with Gasteiger partial charge < -0.3 is 26.0 Å². The van der Waals surface area contributed by atoms with Gasteiger partial charge in [-0.1, -0.05) is 24.3 Å². The van der Waals surface area contributed by atoms with Crippen LogP contribution in [0.1, 0.15) is 52.8 Å². The molecule has 4 heterocycles. The van der Waals surface area contributed by atoms with Crippen LogP contribution in [0.25, 0.3) is 0 Å². The zero-order valence-corrected chi connectivity index (χ0v) is 24.0. The number of ketones is 3. The lowest BCUT2D eigenvalue weighted by Gasteiger charge is -2.61. The molecule has 1 amide bonds. The van der Waals surface area contributed by atoms with Gasteiger partial charge >= 0.3 is 0 Å². The van der Waals surface area contributed by atoms with Gasteiger partial charge in [0.2, 0.25) is 0 Å². The van der Waals surface area contributed by atoms with Gasteiger partial charge in [-0.05, 0) is 32.1 Å². The highest BCUT2D eigenvalue weighted by atomic mass is 19.1. The van der Waals surface area contributed by atoms with Crippen LogP contribution in [0.3, 0.4) is 0 Å². The number of Topliss-reactive ketones (excluding diaryl/α,β-unsaturated/α-hetero) is 3. The molecule has 0 spiro atoms. The van der Waals surface area contributed by atoms with Gasteiger partial charge in [0.05, 0.1) is 35.9 Å². The fourth-order valence-electron chi connectivity index (χ4n) is 9.30. The molecule has 4 aliphatic heterocycles. The number of rotatable bonds is 2. The number of nitrogens with zero attached hydrogens (tertiary/aromatic N) is 3. The van der Waals surface area contributed by atoms with Crippen LogP contribution < -0.4 is 11.5 Å². The summed E-state index contributed by atoms with van der Waals surface area (Å²) in [5.41, 5.74) is 13.3. The maximum absolute atomic E-state index is 16.2. The van der Waals surface area contributed by atoms with Crippen LogP contribution in [0.5, 0.6) is 0 Å². The van der Waals surface area contributed by atoms with Crippen molar-refractivity contribution in [2.24, 2.45) is 29.2 Å². The number of carbonyl (C=O) groups excluding carboxylic acids is 4. The molecule has 2 saturated carbocycles. The molecule has 0 aromatic heterocycles. The first-order valence-corrected chi connectivity index (χ1v) is 15.8. The highest BCUT2D eigenvalue weighted by Crippen LogP contribution is 2.50. The predicted molar refractivity (Wildman–Crippen MR) is 153 cm³/mol. The van der Waals surface area contributed by atoms with Gasteiger partial charge in [0, 0.05) is 73.3 Å². The van der Waals surface area contributed by atoms with E-state index < -0.39 is 48.2 Å². The summed E-state index contributed by atoms with van der Waals surface area (Å²) in [6.45, 7) is 2.04. The Labute approximate surface area is 249 Å². The molecule has 5 fully saturated rings. The maximum Gasteiger partial charge on any atom is 0.259 e. The summed E-state index contributed by atoms with van der Waals surface area (Å²) in [5, 5.41) is 0. The van der Waals surface area contributed by atoms with Crippen molar-refractivity contribution in [2.45, 2.75) is 80.7 Å². The zero-order valence-electron chi connectivity index (χ0n) is 24.0. The lowest BCUT2D eigenvalue weighted by Crippen LogP contribution is -2.74. The normalized spacial score (nSPS) is 42.3. The van der Waals surface area contributed by atoms with Crippen molar-refractivity contribution in [2.75, 3.05) is 26.2 Å². The van der Waals surface area contributed by atoms with Crippen LogP contribution in [-0.4, -0.2) is 113 Å². The first-order chi connectivity index (χ1) is 20.7. The Morgan fingerprint density at radius 2 is 1.51 bits per heavy atom. The van der Waals surface area contributed by atoms with Crippen molar-refractivity contribution in [1.29, 1.82) is 0 Å². The maximum atomic E-state index is 16.2. The van der Waals surface area contributed by atoms with Crippen molar-refractivity contribution in [1.82, 2.24) is 14.7 Å². The second-order valence-electron chi connectivity index (χ2n) is 13.7.